The third-order valence-electron chi connectivity index (χ3n) is 7.65. The SMILES string of the molecule is CN[C@@H]1C(O)[C@@H](OC2C(O)C(O[C@H]3O[C@H](CN=C(N)C(F)F)CCC3N)[C@@H](N)C[C@H]2N=C(N)C(C)O)OCC1(C)O. The zero-order chi connectivity index (χ0) is 30.6. The number of hydrogen-bond donors (Lipinski definition) is 9. The summed E-state index contributed by atoms with van der Waals surface area (Å²) in [6.45, 7) is 2.61. The van der Waals surface area contributed by atoms with Gasteiger partial charge in [0, 0.05) is 6.04 Å². The molecule has 0 amide bonds. The first-order valence-corrected chi connectivity index (χ1v) is 13.6. The van der Waals surface area contributed by atoms with Crippen molar-refractivity contribution in [2.75, 3.05) is 20.2 Å². The molecule has 0 bridgehead atoms. The second kappa shape index (κ2) is 14.2. The Balaban J connectivity index is 1.80. The lowest BCUT2D eigenvalue weighted by atomic mass is 9.83. The van der Waals surface area contributed by atoms with Crippen molar-refractivity contribution < 1.29 is 48.2 Å². The van der Waals surface area contributed by atoms with Crippen LogP contribution in [0.3, 0.4) is 0 Å². The molecule has 41 heavy (non-hydrogen) atoms. The molecular formula is C24H45F2N7O8. The number of nitrogens with one attached hydrogen (secondary N) is 1. The highest BCUT2D eigenvalue weighted by Crippen LogP contribution is 2.33. The quantitative estimate of drug-likeness (QED) is 0.0874. The van der Waals surface area contributed by atoms with Crippen LogP contribution in [0.1, 0.15) is 33.1 Å². The van der Waals surface area contributed by atoms with Crippen LogP contribution in [0.2, 0.25) is 0 Å². The molecule has 3 aliphatic rings. The van der Waals surface area contributed by atoms with Crippen molar-refractivity contribution in [3.63, 3.8) is 0 Å². The van der Waals surface area contributed by atoms with Crippen LogP contribution in [0.25, 0.3) is 0 Å². The van der Waals surface area contributed by atoms with Crippen LogP contribution in [-0.4, -0.2) is 138 Å². The highest BCUT2D eigenvalue weighted by atomic mass is 19.3. The molecule has 2 heterocycles. The fourth-order valence-corrected chi connectivity index (χ4v) is 5.29. The van der Waals surface area contributed by atoms with Gasteiger partial charge in [0.15, 0.2) is 18.4 Å². The first-order chi connectivity index (χ1) is 19.2. The normalized spacial score (nSPS) is 43.8. The van der Waals surface area contributed by atoms with Gasteiger partial charge in [0.2, 0.25) is 0 Å². The average Bonchev–Trinajstić information content (AvgIpc) is 2.89. The Bertz CT molecular complexity index is 917. The van der Waals surface area contributed by atoms with E-state index in [9.17, 15) is 29.2 Å². The molecule has 0 aromatic heterocycles. The molecule has 1 aliphatic carbocycles. The van der Waals surface area contributed by atoms with E-state index >= 15 is 0 Å². The van der Waals surface area contributed by atoms with Crippen LogP contribution >= 0.6 is 0 Å². The lowest BCUT2D eigenvalue weighted by Gasteiger charge is -2.48. The molecular weight excluding hydrogens is 552 g/mol. The van der Waals surface area contributed by atoms with Gasteiger partial charge in [-0.25, -0.2) is 8.78 Å². The maximum Gasteiger partial charge on any atom is 0.294 e. The summed E-state index contributed by atoms with van der Waals surface area (Å²) in [6, 6.07) is -3.15. The lowest BCUT2D eigenvalue weighted by molar-refractivity contribution is -0.306. The van der Waals surface area contributed by atoms with Gasteiger partial charge in [0.25, 0.3) is 6.43 Å². The number of halogens is 2. The van der Waals surface area contributed by atoms with Crippen molar-refractivity contribution in [3.05, 3.63) is 0 Å². The molecule has 17 heteroatoms. The summed E-state index contributed by atoms with van der Waals surface area (Å²) < 4.78 is 49.0. The predicted octanol–water partition coefficient (Wildman–Crippen LogP) is -3.53. The molecule has 13 N–H and O–H groups in total. The summed E-state index contributed by atoms with van der Waals surface area (Å²) in [5, 5.41) is 45.7. The summed E-state index contributed by atoms with van der Waals surface area (Å²) in [7, 11) is 1.56. The van der Waals surface area contributed by atoms with Crippen molar-refractivity contribution in [1.82, 2.24) is 5.32 Å². The van der Waals surface area contributed by atoms with Crippen molar-refractivity contribution in [1.29, 1.82) is 0 Å². The van der Waals surface area contributed by atoms with E-state index in [1.165, 1.54) is 13.8 Å². The number of nitrogens with two attached hydrogens (primary N) is 4. The van der Waals surface area contributed by atoms with Crippen LogP contribution < -0.4 is 28.3 Å². The molecule has 3 rings (SSSR count). The molecule has 2 aliphatic heterocycles. The molecule has 2 saturated heterocycles. The molecule has 3 fully saturated rings. The summed E-state index contributed by atoms with van der Waals surface area (Å²) >= 11 is 0. The molecule has 0 aromatic rings. The van der Waals surface area contributed by atoms with E-state index in [1.54, 1.807) is 7.05 Å². The van der Waals surface area contributed by atoms with E-state index in [1.807, 2.05) is 0 Å². The number of ether oxygens (including phenoxy) is 4. The Kier molecular flexibility index (Phi) is 11.7. The number of rotatable bonds is 10. The van der Waals surface area contributed by atoms with Gasteiger partial charge in [-0.05, 0) is 40.2 Å². The van der Waals surface area contributed by atoms with E-state index < -0.39 is 91.2 Å². The molecule has 0 aromatic carbocycles. The number of likely N-dealkylation sites (N-methyl/N-ethyl adjacent to an activating group) is 1. The molecule has 15 nitrogen and oxygen atoms in total. The van der Waals surface area contributed by atoms with Gasteiger partial charge < -0.3 is 67.6 Å². The Morgan fingerprint density at radius 3 is 2.34 bits per heavy atom. The minimum atomic E-state index is -2.89. The monoisotopic (exact) mass is 597 g/mol. The maximum absolute atomic E-state index is 12.7. The standard InChI is InChI=1S/C24H45F2N7O8/c1-9(34)20(29)33-13-6-12(28)16(40-22-11(27)5-4-10(39-22)7-32-21(30)19(25)26)14(35)17(13)41-23-15(36)18(31-3)24(2,37)8-38-23/h9-19,22-23,31,34-37H,4-8,27-28H2,1-3H3,(H2,29,33)(H2,30,32)/t9?,10-,11?,12-,13+,14?,15?,16?,17?,18+,22+,23+,24?/m0/s1. The summed E-state index contributed by atoms with van der Waals surface area (Å²) in [5.41, 5.74) is 22.3. The Labute approximate surface area is 237 Å². The largest absolute Gasteiger partial charge is 0.388 e. The zero-order valence-corrected chi connectivity index (χ0v) is 23.4. The number of aliphatic imine (C=N–C) groups is 2. The summed E-state index contributed by atoms with van der Waals surface area (Å²) in [4.78, 5) is 7.98. The van der Waals surface area contributed by atoms with Gasteiger partial charge in [-0.1, -0.05) is 0 Å². The molecule has 0 spiro atoms. The van der Waals surface area contributed by atoms with Crippen molar-refractivity contribution >= 4 is 11.7 Å². The van der Waals surface area contributed by atoms with Gasteiger partial charge in [0.05, 0.1) is 37.4 Å². The van der Waals surface area contributed by atoms with Crippen LogP contribution in [0, 0.1) is 0 Å². The van der Waals surface area contributed by atoms with Gasteiger partial charge in [-0.15, -0.1) is 0 Å². The van der Waals surface area contributed by atoms with E-state index in [4.69, 9.17) is 41.9 Å². The highest BCUT2D eigenvalue weighted by Gasteiger charge is 2.51. The number of nitrogens with zero attached hydrogens (tertiary/aromatic N) is 2. The zero-order valence-electron chi connectivity index (χ0n) is 23.4. The van der Waals surface area contributed by atoms with E-state index in [2.05, 4.69) is 15.3 Å². The second-order valence-corrected chi connectivity index (χ2v) is 11.1. The van der Waals surface area contributed by atoms with Gasteiger partial charge in [-0.2, -0.15) is 0 Å². The minimum absolute atomic E-state index is 0.0798. The Hall–Kier alpha value is -1.64. The number of alkyl halides is 2. The second-order valence-electron chi connectivity index (χ2n) is 11.1. The highest BCUT2D eigenvalue weighted by molar-refractivity contribution is 5.84. The summed E-state index contributed by atoms with van der Waals surface area (Å²) in [6.07, 6.45) is -11.1. The first kappa shape index (κ1) is 33.9. The van der Waals surface area contributed by atoms with Gasteiger partial charge >= 0.3 is 0 Å². The number of amidine groups is 2. The van der Waals surface area contributed by atoms with Crippen molar-refractivity contribution in [3.8, 4) is 0 Å². The van der Waals surface area contributed by atoms with Crippen LogP contribution in [0.15, 0.2) is 9.98 Å². The number of aliphatic hydroxyl groups excluding tert-OH is 3. The Morgan fingerprint density at radius 2 is 1.73 bits per heavy atom. The fourth-order valence-electron chi connectivity index (χ4n) is 5.29. The lowest BCUT2D eigenvalue weighted by Crippen LogP contribution is -2.67. The smallest absolute Gasteiger partial charge is 0.294 e. The van der Waals surface area contributed by atoms with Crippen LogP contribution in [-0.2, 0) is 18.9 Å². The van der Waals surface area contributed by atoms with Gasteiger partial charge in [0.1, 0.15) is 42.0 Å². The number of aliphatic hydroxyl groups is 4. The minimum Gasteiger partial charge on any atom is -0.388 e. The first-order valence-electron chi connectivity index (χ1n) is 13.6. The van der Waals surface area contributed by atoms with E-state index in [-0.39, 0.29) is 25.4 Å². The van der Waals surface area contributed by atoms with E-state index in [0.29, 0.717) is 12.8 Å². The fraction of sp³-hybridized carbons (Fsp3) is 0.917. The number of hydrogen-bond acceptors (Lipinski definition) is 13. The average molecular weight is 598 g/mol. The van der Waals surface area contributed by atoms with Crippen molar-refractivity contribution in [2.45, 2.75) is 119 Å². The van der Waals surface area contributed by atoms with Crippen LogP contribution in [0.4, 0.5) is 8.78 Å². The molecule has 0 radical (unpaired) electrons. The maximum atomic E-state index is 12.7. The van der Waals surface area contributed by atoms with E-state index in [0.717, 1.165) is 0 Å². The third-order valence-corrected chi connectivity index (χ3v) is 7.65. The third kappa shape index (κ3) is 8.26. The predicted molar refractivity (Wildman–Crippen MR) is 143 cm³/mol. The Morgan fingerprint density at radius 1 is 1.07 bits per heavy atom. The van der Waals surface area contributed by atoms with Crippen LogP contribution in [0.5, 0.6) is 0 Å². The molecule has 13 atom stereocenters. The summed E-state index contributed by atoms with van der Waals surface area (Å²) in [5.74, 6) is -0.921. The molecule has 238 valence electrons. The van der Waals surface area contributed by atoms with Gasteiger partial charge in [-0.3, -0.25) is 9.98 Å². The molecule has 1 saturated carbocycles. The molecule has 7 unspecified atom stereocenters. The van der Waals surface area contributed by atoms with Crippen molar-refractivity contribution in [2.24, 2.45) is 32.9 Å². The topological polar surface area (TPSA) is 259 Å².